The van der Waals surface area contributed by atoms with Crippen LogP contribution in [0.3, 0.4) is 0 Å². The number of piperidine rings is 1. The number of hydrogen-bond donors (Lipinski definition) is 1. The molecule has 1 fully saturated rings. The van der Waals surface area contributed by atoms with E-state index in [-0.39, 0.29) is 11.9 Å². The van der Waals surface area contributed by atoms with Gasteiger partial charge in [0.05, 0.1) is 11.4 Å². The topological polar surface area (TPSA) is 98.1 Å². The summed E-state index contributed by atoms with van der Waals surface area (Å²) in [6, 6.07) is 10.8. The molecule has 1 aliphatic heterocycles. The van der Waals surface area contributed by atoms with E-state index in [1.165, 1.54) is 0 Å². The van der Waals surface area contributed by atoms with Crippen LogP contribution in [0.5, 0.6) is 0 Å². The molecular weight excluding hydrogens is 342 g/mol. The number of nitrogens with two attached hydrogens (primary N) is 1. The highest BCUT2D eigenvalue weighted by Crippen LogP contribution is 2.31. The number of aromatic nitrogens is 3. The van der Waals surface area contributed by atoms with Crippen LogP contribution in [0.15, 0.2) is 47.1 Å². The molecule has 138 valence electrons. The summed E-state index contributed by atoms with van der Waals surface area (Å²) in [6.45, 7) is 2.46. The minimum Gasteiger partial charge on any atom is -0.397 e. The van der Waals surface area contributed by atoms with Crippen LogP contribution < -0.4 is 5.73 Å². The Balaban J connectivity index is 1.59. The molecule has 0 unspecified atom stereocenters. The van der Waals surface area contributed by atoms with Gasteiger partial charge in [-0.05, 0) is 50.5 Å². The van der Waals surface area contributed by atoms with E-state index < -0.39 is 0 Å². The van der Waals surface area contributed by atoms with Gasteiger partial charge in [-0.2, -0.15) is 4.98 Å². The van der Waals surface area contributed by atoms with Crippen molar-refractivity contribution in [2.24, 2.45) is 0 Å². The summed E-state index contributed by atoms with van der Waals surface area (Å²) in [4.78, 5) is 23.6. The average molecular weight is 363 g/mol. The zero-order valence-corrected chi connectivity index (χ0v) is 15.1. The summed E-state index contributed by atoms with van der Waals surface area (Å²) in [5, 5.41) is 3.87. The largest absolute Gasteiger partial charge is 0.397 e. The monoisotopic (exact) mass is 363 g/mol. The first-order chi connectivity index (χ1) is 13.1. The second kappa shape index (κ2) is 7.19. The Morgan fingerprint density at radius 3 is 2.74 bits per heavy atom. The van der Waals surface area contributed by atoms with Crippen molar-refractivity contribution in [2.75, 3.05) is 12.3 Å². The lowest BCUT2D eigenvalue weighted by Gasteiger charge is -2.33. The normalized spacial score (nSPS) is 17.1. The van der Waals surface area contributed by atoms with Crippen LogP contribution in [-0.2, 0) is 0 Å². The van der Waals surface area contributed by atoms with Gasteiger partial charge < -0.3 is 15.2 Å². The van der Waals surface area contributed by atoms with Gasteiger partial charge in [-0.15, -0.1) is 0 Å². The third-order valence-electron chi connectivity index (χ3n) is 4.84. The first kappa shape index (κ1) is 17.2. The summed E-state index contributed by atoms with van der Waals surface area (Å²) in [7, 11) is 0. The number of nitrogen functional groups attached to an aromatic ring is 1. The Morgan fingerprint density at radius 2 is 2.04 bits per heavy atom. The van der Waals surface area contributed by atoms with Gasteiger partial charge in [-0.3, -0.25) is 9.78 Å². The van der Waals surface area contributed by atoms with Gasteiger partial charge >= 0.3 is 0 Å². The van der Waals surface area contributed by atoms with Crippen molar-refractivity contribution >= 4 is 11.6 Å². The Kier molecular flexibility index (Phi) is 4.58. The molecule has 3 heterocycles. The molecule has 1 aliphatic rings. The predicted molar refractivity (Wildman–Crippen MR) is 101 cm³/mol. The minimum absolute atomic E-state index is 0.0314. The standard InChI is InChI=1S/C20H21N5O2/c1-13-23-19(27-24-13)17-6-2-3-12-25(17)20(26)15-9-7-14(8-10-15)18-16(21)5-4-11-22-18/h4-5,7-11,17H,2-3,6,12,21H2,1H3/t17-/m1/s1. The summed E-state index contributed by atoms with van der Waals surface area (Å²) in [5.74, 6) is 1.06. The van der Waals surface area contributed by atoms with E-state index in [0.717, 1.165) is 24.8 Å². The number of carbonyl (C=O) groups excluding carboxylic acids is 1. The highest BCUT2D eigenvalue weighted by molar-refractivity contribution is 5.95. The van der Waals surface area contributed by atoms with Gasteiger partial charge in [0.25, 0.3) is 5.91 Å². The zero-order valence-electron chi connectivity index (χ0n) is 15.1. The van der Waals surface area contributed by atoms with E-state index in [1.54, 1.807) is 19.2 Å². The number of nitrogens with zero attached hydrogens (tertiary/aromatic N) is 4. The number of pyridine rings is 1. The lowest BCUT2D eigenvalue weighted by atomic mass is 10.00. The number of hydrogen-bond acceptors (Lipinski definition) is 6. The number of carbonyl (C=O) groups is 1. The smallest absolute Gasteiger partial charge is 0.254 e. The van der Waals surface area contributed by atoms with Gasteiger partial charge in [0.2, 0.25) is 5.89 Å². The van der Waals surface area contributed by atoms with Crippen LogP contribution in [0.1, 0.15) is 47.4 Å². The molecule has 0 aliphatic carbocycles. The van der Waals surface area contributed by atoms with Crippen LogP contribution in [-0.4, -0.2) is 32.5 Å². The minimum atomic E-state index is -0.168. The van der Waals surface area contributed by atoms with Gasteiger partial charge in [-0.1, -0.05) is 17.3 Å². The quantitative estimate of drug-likeness (QED) is 0.766. The molecular formula is C20H21N5O2. The van der Waals surface area contributed by atoms with Crippen molar-refractivity contribution in [3.8, 4) is 11.3 Å². The van der Waals surface area contributed by atoms with Gasteiger partial charge in [0, 0.05) is 23.9 Å². The predicted octanol–water partition coefficient (Wildman–Crippen LogP) is 3.39. The fourth-order valence-electron chi connectivity index (χ4n) is 3.48. The van der Waals surface area contributed by atoms with E-state index in [1.807, 2.05) is 35.2 Å². The fraction of sp³-hybridized carbons (Fsp3) is 0.300. The highest BCUT2D eigenvalue weighted by atomic mass is 16.5. The van der Waals surface area contributed by atoms with E-state index in [2.05, 4.69) is 15.1 Å². The van der Waals surface area contributed by atoms with Gasteiger partial charge in [0.15, 0.2) is 5.82 Å². The number of aryl methyl sites for hydroxylation is 1. The highest BCUT2D eigenvalue weighted by Gasteiger charge is 2.32. The van der Waals surface area contributed by atoms with E-state index >= 15 is 0 Å². The molecule has 1 atom stereocenters. The number of likely N-dealkylation sites (tertiary alicyclic amines) is 1. The summed E-state index contributed by atoms with van der Waals surface area (Å²) >= 11 is 0. The third-order valence-corrected chi connectivity index (χ3v) is 4.84. The molecule has 1 saturated heterocycles. The molecule has 27 heavy (non-hydrogen) atoms. The summed E-state index contributed by atoms with van der Waals surface area (Å²) < 4.78 is 5.33. The van der Waals surface area contributed by atoms with Crippen LogP contribution in [0.2, 0.25) is 0 Å². The lowest BCUT2D eigenvalue weighted by Crippen LogP contribution is -2.38. The van der Waals surface area contributed by atoms with Gasteiger partial charge in [0.1, 0.15) is 6.04 Å². The maximum absolute atomic E-state index is 13.1. The number of amides is 1. The molecule has 0 spiro atoms. The zero-order chi connectivity index (χ0) is 18.8. The van der Waals surface area contributed by atoms with Crippen LogP contribution in [0.25, 0.3) is 11.3 Å². The number of benzene rings is 1. The summed E-state index contributed by atoms with van der Waals surface area (Å²) in [5.41, 5.74) is 8.82. The molecule has 4 rings (SSSR count). The first-order valence-electron chi connectivity index (χ1n) is 9.05. The Morgan fingerprint density at radius 1 is 1.22 bits per heavy atom. The van der Waals surface area contributed by atoms with Crippen molar-refractivity contribution in [1.29, 1.82) is 0 Å². The molecule has 0 saturated carbocycles. The second-order valence-electron chi connectivity index (χ2n) is 6.71. The van der Waals surface area contributed by atoms with Crippen molar-refractivity contribution in [3.63, 3.8) is 0 Å². The van der Waals surface area contributed by atoms with E-state index in [4.69, 9.17) is 10.3 Å². The average Bonchev–Trinajstić information content (AvgIpc) is 3.14. The first-order valence-corrected chi connectivity index (χ1v) is 9.05. The molecule has 2 aromatic heterocycles. The van der Waals surface area contributed by atoms with Crippen molar-refractivity contribution in [2.45, 2.75) is 32.2 Å². The molecule has 7 nitrogen and oxygen atoms in total. The third kappa shape index (κ3) is 3.40. The van der Waals surface area contributed by atoms with Crippen LogP contribution in [0.4, 0.5) is 5.69 Å². The fourth-order valence-corrected chi connectivity index (χ4v) is 3.48. The second-order valence-corrected chi connectivity index (χ2v) is 6.71. The maximum Gasteiger partial charge on any atom is 0.254 e. The molecule has 1 amide bonds. The molecule has 7 heteroatoms. The van der Waals surface area contributed by atoms with Gasteiger partial charge in [-0.25, -0.2) is 0 Å². The number of rotatable bonds is 3. The van der Waals surface area contributed by atoms with Crippen molar-refractivity contribution < 1.29 is 9.32 Å². The Hall–Kier alpha value is -3.22. The van der Waals surface area contributed by atoms with Crippen molar-refractivity contribution in [3.05, 3.63) is 59.9 Å². The Labute approximate surface area is 157 Å². The van der Waals surface area contributed by atoms with Crippen molar-refractivity contribution in [1.82, 2.24) is 20.0 Å². The van der Waals surface area contributed by atoms with E-state index in [9.17, 15) is 4.79 Å². The molecule has 0 radical (unpaired) electrons. The molecule has 3 aromatic rings. The lowest BCUT2D eigenvalue weighted by molar-refractivity contribution is 0.0561. The molecule has 1 aromatic carbocycles. The van der Waals surface area contributed by atoms with Crippen LogP contribution in [0, 0.1) is 6.92 Å². The molecule has 0 bridgehead atoms. The summed E-state index contributed by atoms with van der Waals surface area (Å²) in [6.07, 6.45) is 4.54. The molecule has 2 N–H and O–H groups in total. The van der Waals surface area contributed by atoms with Crippen LogP contribution >= 0.6 is 0 Å². The van der Waals surface area contributed by atoms with E-state index in [0.29, 0.717) is 35.2 Å². The SMILES string of the molecule is Cc1noc([C@H]2CCCCN2C(=O)c2ccc(-c3ncccc3N)cc2)n1. The maximum atomic E-state index is 13.1. The Bertz CT molecular complexity index is 951. The number of anilines is 1.